The molecule has 4 nitrogen and oxygen atoms in total. The summed E-state index contributed by atoms with van der Waals surface area (Å²) < 4.78 is 0. The number of unbranched alkanes of at least 4 members (excludes halogenated alkanes) is 27. The molecule has 0 spiro atoms. The molecule has 0 aliphatic heterocycles. The molecule has 47 heavy (non-hydrogen) atoms. The van der Waals surface area contributed by atoms with Gasteiger partial charge in [0.2, 0.25) is 0 Å². The van der Waals surface area contributed by atoms with Crippen molar-refractivity contribution in [1.82, 2.24) is 0 Å². The lowest BCUT2D eigenvalue weighted by Gasteiger charge is -2.34. The second-order valence-electron chi connectivity index (χ2n) is 14.9. The van der Waals surface area contributed by atoms with E-state index in [1.54, 1.807) is 0 Å². The molecule has 0 radical (unpaired) electrons. The van der Waals surface area contributed by atoms with E-state index >= 15 is 0 Å². The second kappa shape index (κ2) is 40.3. The number of thiol groups is 1. The molecule has 3 N–H and O–H groups in total. The first-order valence-electron chi connectivity index (χ1n) is 21.0. The SMILES string of the molecule is CCCCCCCCCCCCC(CCCCCCCCCCCC)(CCCCCCCCCCCC)CC(=O)S.OCC(O)CO. The third-order valence-corrected chi connectivity index (χ3v) is 10.3. The van der Waals surface area contributed by atoms with E-state index in [0.717, 1.165) is 0 Å². The molecule has 5 heteroatoms. The molecule has 0 unspecified atom stereocenters. The average Bonchev–Trinajstić information content (AvgIpc) is 3.07. The molecular formula is C42H86O4S. The monoisotopic (exact) mass is 687 g/mol. The lowest BCUT2D eigenvalue weighted by Crippen LogP contribution is -2.24. The number of hydrogen-bond acceptors (Lipinski definition) is 4. The van der Waals surface area contributed by atoms with Crippen molar-refractivity contribution in [2.45, 2.75) is 245 Å². The van der Waals surface area contributed by atoms with Crippen LogP contribution in [0.4, 0.5) is 0 Å². The summed E-state index contributed by atoms with van der Waals surface area (Å²) in [6.45, 7) is 6.17. The van der Waals surface area contributed by atoms with Gasteiger partial charge in [-0.2, -0.15) is 0 Å². The summed E-state index contributed by atoms with van der Waals surface area (Å²) >= 11 is 4.33. The summed E-state index contributed by atoms with van der Waals surface area (Å²) in [5.41, 5.74) is 0.222. The van der Waals surface area contributed by atoms with E-state index in [0.29, 0.717) is 6.42 Å². The summed E-state index contributed by atoms with van der Waals surface area (Å²) in [5, 5.41) is 24.2. The van der Waals surface area contributed by atoms with Crippen molar-refractivity contribution >= 4 is 17.7 Å². The van der Waals surface area contributed by atoms with Crippen LogP contribution in [0.1, 0.15) is 239 Å². The summed E-state index contributed by atoms with van der Waals surface area (Å²) in [5.74, 6) is 0. The Morgan fingerprint density at radius 2 is 0.660 bits per heavy atom. The maximum atomic E-state index is 12.4. The Balaban J connectivity index is 0. The van der Waals surface area contributed by atoms with Gasteiger partial charge in [0.05, 0.1) is 13.2 Å². The lowest BCUT2D eigenvalue weighted by molar-refractivity contribution is -0.113. The molecule has 0 saturated heterocycles. The van der Waals surface area contributed by atoms with Gasteiger partial charge in [-0.1, -0.05) is 213 Å². The van der Waals surface area contributed by atoms with Gasteiger partial charge in [0.25, 0.3) is 0 Å². The maximum Gasteiger partial charge on any atom is 0.186 e. The molecule has 0 aromatic carbocycles. The van der Waals surface area contributed by atoms with Crippen LogP contribution in [0.15, 0.2) is 0 Å². The van der Waals surface area contributed by atoms with Gasteiger partial charge in [0.1, 0.15) is 6.10 Å². The Morgan fingerprint density at radius 3 is 0.830 bits per heavy atom. The number of carbonyl (C=O) groups excluding carboxylic acids is 1. The van der Waals surface area contributed by atoms with Crippen LogP contribution < -0.4 is 0 Å². The Kier molecular flexibility index (Phi) is 42.1. The molecule has 0 aliphatic carbocycles. The van der Waals surface area contributed by atoms with Gasteiger partial charge in [-0.3, -0.25) is 4.79 Å². The number of rotatable bonds is 37. The predicted molar refractivity (Wildman–Crippen MR) is 211 cm³/mol. The fraction of sp³-hybridized carbons (Fsp3) is 0.976. The van der Waals surface area contributed by atoms with Gasteiger partial charge in [0, 0.05) is 6.42 Å². The van der Waals surface area contributed by atoms with Crippen molar-refractivity contribution in [3.8, 4) is 0 Å². The summed E-state index contributed by atoms with van der Waals surface area (Å²) in [6.07, 6.45) is 45.2. The highest BCUT2D eigenvalue weighted by molar-refractivity contribution is 7.96. The van der Waals surface area contributed by atoms with Crippen molar-refractivity contribution in [2.24, 2.45) is 5.41 Å². The summed E-state index contributed by atoms with van der Waals surface area (Å²) in [7, 11) is 0. The zero-order valence-corrected chi connectivity index (χ0v) is 33.1. The minimum absolute atomic E-state index is 0.135. The first-order valence-corrected chi connectivity index (χ1v) is 21.5. The van der Waals surface area contributed by atoms with Crippen LogP contribution in [0.25, 0.3) is 0 Å². The van der Waals surface area contributed by atoms with Gasteiger partial charge in [0.15, 0.2) is 5.12 Å². The van der Waals surface area contributed by atoms with Crippen LogP contribution in [0.2, 0.25) is 0 Å². The highest BCUT2D eigenvalue weighted by atomic mass is 32.1. The first-order chi connectivity index (χ1) is 22.9. The Labute approximate surface area is 300 Å². The largest absolute Gasteiger partial charge is 0.394 e. The van der Waals surface area contributed by atoms with Crippen molar-refractivity contribution < 1.29 is 20.1 Å². The fourth-order valence-corrected chi connectivity index (χ4v) is 7.32. The minimum atomic E-state index is -0.954. The van der Waals surface area contributed by atoms with Crippen LogP contribution in [-0.2, 0) is 4.79 Å². The molecule has 0 aliphatic rings. The van der Waals surface area contributed by atoms with E-state index in [1.807, 2.05) is 0 Å². The Bertz CT molecular complexity index is 535. The van der Waals surface area contributed by atoms with Crippen molar-refractivity contribution in [2.75, 3.05) is 13.2 Å². The minimum Gasteiger partial charge on any atom is -0.394 e. The third kappa shape index (κ3) is 38.6. The number of carbonyl (C=O) groups is 1. The molecule has 0 amide bonds. The van der Waals surface area contributed by atoms with Crippen molar-refractivity contribution in [3.05, 3.63) is 0 Å². The van der Waals surface area contributed by atoms with Crippen LogP contribution >= 0.6 is 12.6 Å². The number of aliphatic hydroxyl groups excluding tert-OH is 3. The topological polar surface area (TPSA) is 77.8 Å². The number of aliphatic hydroxyl groups is 3. The molecule has 0 rings (SSSR count). The van der Waals surface area contributed by atoms with E-state index in [1.165, 1.54) is 212 Å². The van der Waals surface area contributed by atoms with E-state index in [9.17, 15) is 4.79 Å². The predicted octanol–water partition coefficient (Wildman–Crippen LogP) is 13.1. The molecule has 0 saturated carbocycles. The lowest BCUT2D eigenvalue weighted by atomic mass is 9.72. The quantitative estimate of drug-likeness (QED) is 0.0387. The van der Waals surface area contributed by atoms with E-state index in [2.05, 4.69) is 33.4 Å². The van der Waals surface area contributed by atoms with E-state index in [-0.39, 0.29) is 23.7 Å². The normalized spacial score (nSPS) is 11.7. The molecule has 0 fully saturated rings. The molecule has 284 valence electrons. The van der Waals surface area contributed by atoms with Crippen LogP contribution in [-0.4, -0.2) is 39.8 Å². The highest BCUT2D eigenvalue weighted by Crippen LogP contribution is 2.41. The zero-order chi connectivity index (χ0) is 35.1. The molecule has 0 aromatic heterocycles. The van der Waals surface area contributed by atoms with Gasteiger partial charge >= 0.3 is 0 Å². The zero-order valence-electron chi connectivity index (χ0n) is 32.2. The van der Waals surface area contributed by atoms with Crippen LogP contribution in [0.3, 0.4) is 0 Å². The highest BCUT2D eigenvalue weighted by Gasteiger charge is 2.30. The van der Waals surface area contributed by atoms with Crippen molar-refractivity contribution in [3.63, 3.8) is 0 Å². The second-order valence-corrected chi connectivity index (χ2v) is 15.4. The standard InChI is InChI=1S/C39H78OS.C3H8O3/c1-4-7-10-13-16-19-22-25-28-31-34-39(37-38(40)41,35-32-29-26-23-20-17-14-11-8-5-2)36-33-30-27-24-21-18-15-12-9-6-3;4-1-3(6)2-5/h4-37H2,1-3H3,(H,40,41);3-6H,1-2H2. The first kappa shape index (κ1) is 49.0. The van der Waals surface area contributed by atoms with Crippen LogP contribution in [0, 0.1) is 5.41 Å². The molecule has 0 aromatic rings. The summed E-state index contributed by atoms with van der Waals surface area (Å²) in [4.78, 5) is 12.4. The molecular weight excluding hydrogens is 601 g/mol. The van der Waals surface area contributed by atoms with E-state index < -0.39 is 6.10 Å². The fourth-order valence-electron chi connectivity index (χ4n) is 6.98. The molecule has 0 bridgehead atoms. The van der Waals surface area contributed by atoms with Gasteiger partial charge in [-0.05, 0) is 24.7 Å². The Hall–Kier alpha value is -0.100. The van der Waals surface area contributed by atoms with Gasteiger partial charge in [-0.25, -0.2) is 0 Å². The smallest absolute Gasteiger partial charge is 0.186 e. The van der Waals surface area contributed by atoms with Crippen molar-refractivity contribution in [1.29, 1.82) is 0 Å². The third-order valence-electron chi connectivity index (χ3n) is 10.1. The Morgan fingerprint density at radius 1 is 0.447 bits per heavy atom. The molecule has 0 heterocycles. The van der Waals surface area contributed by atoms with Gasteiger partial charge in [-0.15, -0.1) is 12.6 Å². The average molecular weight is 687 g/mol. The maximum absolute atomic E-state index is 12.4. The molecule has 0 atom stereocenters. The van der Waals surface area contributed by atoms with E-state index in [4.69, 9.17) is 15.3 Å². The van der Waals surface area contributed by atoms with Gasteiger partial charge < -0.3 is 15.3 Å². The number of hydrogen-bond donors (Lipinski definition) is 4. The van der Waals surface area contributed by atoms with Crippen LogP contribution in [0.5, 0.6) is 0 Å². The summed E-state index contributed by atoms with van der Waals surface area (Å²) in [6, 6.07) is 0.